The number of pyridine rings is 1. The number of hydrogen-bond donors (Lipinski definition) is 0. The first kappa shape index (κ1) is 18.2. The van der Waals surface area contributed by atoms with E-state index in [-0.39, 0.29) is 17.0 Å². The van der Waals surface area contributed by atoms with E-state index in [0.717, 1.165) is 13.2 Å². The van der Waals surface area contributed by atoms with E-state index in [1.54, 1.807) is 48.5 Å². The highest BCUT2D eigenvalue weighted by atomic mass is 35.5. The Kier molecular flexibility index (Phi) is 5.20. The lowest BCUT2D eigenvalue weighted by atomic mass is 10.2. The lowest BCUT2D eigenvalue weighted by Crippen LogP contribution is -2.19. The first-order chi connectivity index (χ1) is 13.0. The molecule has 0 bridgehead atoms. The molecule has 3 rings (SSSR count). The van der Waals surface area contributed by atoms with Gasteiger partial charge in [-0.15, -0.1) is 0 Å². The Morgan fingerprint density at radius 3 is 2.67 bits per heavy atom. The Hall–Kier alpha value is -3.63. The van der Waals surface area contributed by atoms with Crippen molar-refractivity contribution in [2.45, 2.75) is 0 Å². The number of hydrogen-bond acceptors (Lipinski definition) is 6. The Bertz CT molecular complexity index is 1140. The summed E-state index contributed by atoms with van der Waals surface area (Å²) >= 11 is 5.87. The number of benzene rings is 1. The smallest absolute Gasteiger partial charge is 0.348 e. The first-order valence-electron chi connectivity index (χ1n) is 7.68. The molecule has 0 saturated carbocycles. The average Bonchev–Trinajstić information content (AvgIpc) is 2.69. The fraction of sp³-hybridized carbons (Fsp3) is 0.0526. The number of ether oxygens (including phenoxy) is 2. The molecule has 3 aromatic rings. The van der Waals surface area contributed by atoms with Crippen LogP contribution in [0.15, 0.2) is 59.0 Å². The average molecular weight is 382 g/mol. The fourth-order valence-corrected chi connectivity index (χ4v) is 2.42. The highest BCUT2D eigenvalue weighted by Crippen LogP contribution is 2.25. The summed E-state index contributed by atoms with van der Waals surface area (Å²) in [5.74, 6) is -0.532. The van der Waals surface area contributed by atoms with Crippen molar-refractivity contribution in [3.63, 3.8) is 0 Å². The van der Waals surface area contributed by atoms with Crippen LogP contribution in [0.25, 0.3) is 11.7 Å². The van der Waals surface area contributed by atoms with Crippen LogP contribution in [0, 0.1) is 11.3 Å². The van der Waals surface area contributed by atoms with Crippen molar-refractivity contribution < 1.29 is 14.3 Å². The SMILES string of the molecule is COC(=O)C(C#N)=Cc1c(Oc2ccc(Cl)cc2)nc2ccccn2c1=O. The number of carbonyl (C=O) groups excluding carboxylic acids is 1. The van der Waals surface area contributed by atoms with Crippen molar-refractivity contribution in [1.82, 2.24) is 9.38 Å². The largest absolute Gasteiger partial charge is 0.465 e. The van der Waals surface area contributed by atoms with Crippen LogP contribution in [-0.4, -0.2) is 22.5 Å². The van der Waals surface area contributed by atoms with Crippen LogP contribution in [0.4, 0.5) is 0 Å². The molecule has 8 heteroatoms. The number of nitrogens with zero attached hydrogens (tertiary/aromatic N) is 3. The van der Waals surface area contributed by atoms with Crippen LogP contribution in [0.3, 0.4) is 0 Å². The van der Waals surface area contributed by atoms with E-state index < -0.39 is 11.5 Å². The van der Waals surface area contributed by atoms with E-state index in [1.165, 1.54) is 10.6 Å². The van der Waals surface area contributed by atoms with Gasteiger partial charge >= 0.3 is 5.97 Å². The van der Waals surface area contributed by atoms with Gasteiger partial charge in [0.1, 0.15) is 28.6 Å². The molecular formula is C19H12ClN3O4. The van der Waals surface area contributed by atoms with Crippen LogP contribution in [0.2, 0.25) is 5.02 Å². The van der Waals surface area contributed by atoms with Gasteiger partial charge in [0.15, 0.2) is 0 Å². The van der Waals surface area contributed by atoms with Gasteiger partial charge in [0.05, 0.1) is 7.11 Å². The zero-order chi connectivity index (χ0) is 19.4. The normalized spacial score (nSPS) is 11.1. The van der Waals surface area contributed by atoms with Crippen LogP contribution in [0.1, 0.15) is 5.56 Å². The highest BCUT2D eigenvalue weighted by molar-refractivity contribution is 6.30. The maximum atomic E-state index is 12.9. The van der Waals surface area contributed by atoms with Gasteiger partial charge in [0, 0.05) is 11.2 Å². The van der Waals surface area contributed by atoms with Gasteiger partial charge < -0.3 is 9.47 Å². The van der Waals surface area contributed by atoms with E-state index in [0.29, 0.717) is 16.4 Å². The Labute approximate surface area is 158 Å². The van der Waals surface area contributed by atoms with E-state index in [1.807, 2.05) is 0 Å². The molecule has 0 aliphatic rings. The predicted octanol–water partition coefficient (Wildman–Crippen LogP) is 3.22. The van der Waals surface area contributed by atoms with Crippen molar-refractivity contribution in [2.75, 3.05) is 7.11 Å². The molecule has 0 amide bonds. The molecule has 0 radical (unpaired) electrons. The quantitative estimate of drug-likeness (QED) is 0.391. The van der Waals surface area contributed by atoms with Gasteiger partial charge in [0.25, 0.3) is 5.56 Å². The topological polar surface area (TPSA) is 93.7 Å². The van der Waals surface area contributed by atoms with E-state index in [2.05, 4.69) is 9.72 Å². The minimum absolute atomic E-state index is 0.0508. The van der Waals surface area contributed by atoms with Crippen molar-refractivity contribution in [3.8, 4) is 17.7 Å². The second-order valence-corrected chi connectivity index (χ2v) is 5.72. The molecule has 0 spiro atoms. The van der Waals surface area contributed by atoms with Gasteiger partial charge in [-0.2, -0.15) is 10.2 Å². The van der Waals surface area contributed by atoms with Crippen molar-refractivity contribution in [3.05, 3.63) is 75.2 Å². The summed E-state index contributed by atoms with van der Waals surface area (Å²) in [5.41, 5.74) is -0.565. The Morgan fingerprint density at radius 1 is 1.26 bits per heavy atom. The molecule has 0 N–H and O–H groups in total. The molecule has 0 atom stereocenters. The summed E-state index contributed by atoms with van der Waals surface area (Å²) in [5, 5.41) is 9.72. The lowest BCUT2D eigenvalue weighted by Gasteiger charge is -2.10. The molecule has 7 nitrogen and oxygen atoms in total. The number of aromatic nitrogens is 2. The van der Waals surface area contributed by atoms with Gasteiger partial charge in [-0.1, -0.05) is 17.7 Å². The zero-order valence-electron chi connectivity index (χ0n) is 14.0. The monoisotopic (exact) mass is 381 g/mol. The predicted molar refractivity (Wildman–Crippen MR) is 98.6 cm³/mol. The number of fused-ring (bicyclic) bond motifs is 1. The summed E-state index contributed by atoms with van der Waals surface area (Å²) in [7, 11) is 1.14. The van der Waals surface area contributed by atoms with Crippen molar-refractivity contribution in [2.24, 2.45) is 0 Å². The molecule has 0 saturated heterocycles. The second-order valence-electron chi connectivity index (χ2n) is 5.28. The number of halogens is 1. The zero-order valence-corrected chi connectivity index (χ0v) is 14.8. The van der Waals surface area contributed by atoms with Gasteiger partial charge in [0.2, 0.25) is 5.88 Å². The number of esters is 1. The van der Waals surface area contributed by atoms with Crippen LogP contribution < -0.4 is 10.3 Å². The second kappa shape index (κ2) is 7.72. The van der Waals surface area contributed by atoms with Crippen molar-refractivity contribution >= 4 is 29.3 Å². The van der Waals surface area contributed by atoms with Gasteiger partial charge in [-0.25, -0.2) is 4.79 Å². The van der Waals surface area contributed by atoms with Crippen LogP contribution >= 0.6 is 11.6 Å². The third kappa shape index (κ3) is 3.81. The first-order valence-corrected chi connectivity index (χ1v) is 8.06. The molecule has 1 aromatic carbocycles. The molecule has 27 heavy (non-hydrogen) atoms. The number of rotatable bonds is 4. The maximum Gasteiger partial charge on any atom is 0.348 e. The summed E-state index contributed by atoms with van der Waals surface area (Å²) in [6.45, 7) is 0. The minimum Gasteiger partial charge on any atom is -0.465 e. The molecule has 0 aliphatic carbocycles. The van der Waals surface area contributed by atoms with E-state index in [9.17, 15) is 14.9 Å². The molecule has 134 valence electrons. The fourth-order valence-electron chi connectivity index (χ4n) is 2.29. The van der Waals surface area contributed by atoms with Crippen LogP contribution in [-0.2, 0) is 9.53 Å². The summed E-state index contributed by atoms with van der Waals surface area (Å²) in [4.78, 5) is 28.9. The van der Waals surface area contributed by atoms with E-state index in [4.69, 9.17) is 16.3 Å². The summed E-state index contributed by atoms with van der Waals surface area (Å²) in [6.07, 6.45) is 2.63. The molecule has 0 fully saturated rings. The van der Waals surface area contributed by atoms with E-state index >= 15 is 0 Å². The van der Waals surface area contributed by atoms with Crippen LogP contribution in [0.5, 0.6) is 11.6 Å². The molecular weight excluding hydrogens is 370 g/mol. The Morgan fingerprint density at radius 2 is 2.00 bits per heavy atom. The highest BCUT2D eigenvalue weighted by Gasteiger charge is 2.17. The third-order valence-corrected chi connectivity index (χ3v) is 3.83. The molecule has 0 aliphatic heterocycles. The number of nitriles is 1. The van der Waals surface area contributed by atoms with Gasteiger partial charge in [-0.3, -0.25) is 9.20 Å². The third-order valence-electron chi connectivity index (χ3n) is 3.58. The lowest BCUT2D eigenvalue weighted by molar-refractivity contribution is -0.135. The maximum absolute atomic E-state index is 12.9. The van der Waals surface area contributed by atoms with Crippen molar-refractivity contribution in [1.29, 1.82) is 5.26 Å². The number of methoxy groups -OCH3 is 1. The molecule has 2 aromatic heterocycles. The summed E-state index contributed by atoms with van der Waals surface area (Å²) < 4.78 is 11.6. The molecule has 0 unspecified atom stereocenters. The summed E-state index contributed by atoms with van der Waals surface area (Å²) in [6, 6.07) is 13.2. The Balaban J connectivity index is 2.22. The number of carbonyl (C=O) groups is 1. The van der Waals surface area contributed by atoms with Gasteiger partial charge in [-0.05, 0) is 42.5 Å². The molecule has 2 heterocycles. The minimum atomic E-state index is -0.868. The standard InChI is InChI=1S/C19H12ClN3O4/c1-26-19(25)12(11-21)10-15-17(27-14-7-5-13(20)6-8-14)22-16-4-2-3-9-23(16)18(15)24/h2-10H,1H3.